The van der Waals surface area contributed by atoms with E-state index in [4.69, 9.17) is 6.42 Å². The molecular formula is C27H30N8O2S. The largest absolute Gasteiger partial charge is 0.348 e. The van der Waals surface area contributed by atoms with E-state index in [0.717, 1.165) is 36.3 Å². The maximum atomic E-state index is 12.8. The summed E-state index contributed by atoms with van der Waals surface area (Å²) in [6.07, 6.45) is 12.8. The zero-order valence-corrected chi connectivity index (χ0v) is 22.4. The van der Waals surface area contributed by atoms with Gasteiger partial charge < -0.3 is 20.9 Å². The number of nitrogens with zero attached hydrogens (tertiary/aromatic N) is 5. The van der Waals surface area contributed by atoms with Crippen LogP contribution in [0.4, 0.5) is 29.1 Å². The second-order valence-corrected chi connectivity index (χ2v) is 11.7. The highest BCUT2D eigenvalue weighted by atomic mass is 32.2. The van der Waals surface area contributed by atoms with Crippen LogP contribution in [0.3, 0.4) is 0 Å². The van der Waals surface area contributed by atoms with E-state index in [2.05, 4.69) is 59.7 Å². The molecule has 0 radical (unpaired) electrons. The van der Waals surface area contributed by atoms with Crippen molar-refractivity contribution in [3.05, 3.63) is 71.4 Å². The molecule has 0 aliphatic carbocycles. The Balaban J connectivity index is 1.69. The molecule has 11 heteroatoms. The molecule has 0 saturated heterocycles. The Kier molecular flexibility index (Phi) is 8.05. The molecule has 0 saturated carbocycles. The van der Waals surface area contributed by atoms with Crippen molar-refractivity contribution in [3.63, 3.8) is 0 Å². The van der Waals surface area contributed by atoms with Crippen LogP contribution < -0.4 is 16.0 Å². The summed E-state index contributed by atoms with van der Waals surface area (Å²) in [7, 11) is -0.323. The number of hydrogen-bond donors (Lipinski definition) is 3. The summed E-state index contributed by atoms with van der Waals surface area (Å²) >= 11 is 0. The first-order chi connectivity index (χ1) is 18.1. The summed E-state index contributed by atoms with van der Waals surface area (Å²) in [4.78, 5) is 28.4. The van der Waals surface area contributed by atoms with Gasteiger partial charge in [0, 0.05) is 59.3 Å². The summed E-state index contributed by atoms with van der Waals surface area (Å²) in [5.41, 5.74) is 4.15. The first-order valence-corrected chi connectivity index (χ1v) is 14.2. The van der Waals surface area contributed by atoms with Crippen LogP contribution in [-0.4, -0.2) is 62.6 Å². The van der Waals surface area contributed by atoms with Crippen LogP contribution >= 0.6 is 0 Å². The third-order valence-electron chi connectivity index (χ3n) is 5.67. The van der Waals surface area contributed by atoms with E-state index in [1.54, 1.807) is 24.3 Å². The molecule has 0 fully saturated rings. The second-order valence-electron chi connectivity index (χ2n) is 9.15. The van der Waals surface area contributed by atoms with Gasteiger partial charge in [-0.2, -0.15) is 9.35 Å². The highest BCUT2D eigenvalue weighted by Crippen LogP contribution is 2.28. The number of hydrogen-bond acceptors (Lipinski definition) is 9. The molecule has 3 aromatic rings. The molecular weight excluding hydrogens is 500 g/mol. The number of pyridine rings is 1. The van der Waals surface area contributed by atoms with Gasteiger partial charge in [-0.15, -0.1) is 13.0 Å². The Morgan fingerprint density at radius 1 is 1.29 bits per heavy atom. The fourth-order valence-corrected chi connectivity index (χ4v) is 4.58. The lowest BCUT2D eigenvalue weighted by Crippen LogP contribution is -2.27. The number of carbonyl (C=O) groups excluding carboxylic acids is 1. The lowest BCUT2D eigenvalue weighted by molar-refractivity contribution is 0.0958. The van der Waals surface area contributed by atoms with Crippen molar-refractivity contribution in [1.82, 2.24) is 25.2 Å². The van der Waals surface area contributed by atoms with Crippen LogP contribution in [0.15, 0.2) is 53.5 Å². The smallest absolute Gasteiger partial charge is 0.256 e. The average Bonchev–Trinajstić information content (AvgIpc) is 2.86. The Morgan fingerprint density at radius 2 is 2.11 bits per heavy atom. The lowest BCUT2D eigenvalue weighted by atomic mass is 9.94. The van der Waals surface area contributed by atoms with E-state index >= 15 is 0 Å². The molecule has 3 N–H and O–H groups in total. The molecule has 1 aliphatic heterocycles. The monoisotopic (exact) mass is 530 g/mol. The van der Waals surface area contributed by atoms with Crippen LogP contribution in [-0.2, 0) is 22.7 Å². The molecule has 10 nitrogen and oxygen atoms in total. The Labute approximate surface area is 223 Å². The summed E-state index contributed by atoms with van der Waals surface area (Å²) in [5, 5.41) is 9.04. The third-order valence-corrected chi connectivity index (χ3v) is 6.30. The van der Waals surface area contributed by atoms with Gasteiger partial charge in [-0.1, -0.05) is 18.1 Å². The SMILES string of the molecule is C#Cc1cc(Nc2ncc(C(=O)NCC=C)c(Nc3cccc(N=S(C)(C)=O)n3)n2)cc2c1CCN(C)C2. The van der Waals surface area contributed by atoms with Crippen LogP contribution in [0.25, 0.3) is 0 Å². The minimum absolute atomic E-state index is 0.215. The fourth-order valence-electron chi connectivity index (χ4n) is 4.02. The van der Waals surface area contributed by atoms with Gasteiger partial charge in [0.05, 0.1) is 0 Å². The lowest BCUT2D eigenvalue weighted by Gasteiger charge is -2.26. The molecule has 1 amide bonds. The molecule has 0 atom stereocenters. The quantitative estimate of drug-likeness (QED) is 0.298. The second kappa shape index (κ2) is 11.4. The van der Waals surface area contributed by atoms with E-state index in [1.807, 2.05) is 12.1 Å². The Hall–Kier alpha value is -4.27. The molecule has 0 unspecified atom stereocenters. The van der Waals surface area contributed by atoms with Crippen molar-refractivity contribution in [3.8, 4) is 12.3 Å². The predicted molar refractivity (Wildman–Crippen MR) is 152 cm³/mol. The van der Waals surface area contributed by atoms with E-state index in [9.17, 15) is 9.00 Å². The highest BCUT2D eigenvalue weighted by molar-refractivity contribution is 7.92. The van der Waals surface area contributed by atoms with Gasteiger partial charge >= 0.3 is 0 Å². The number of carbonyl (C=O) groups is 1. The first-order valence-electron chi connectivity index (χ1n) is 11.9. The van der Waals surface area contributed by atoms with Crippen molar-refractivity contribution >= 4 is 44.7 Å². The maximum absolute atomic E-state index is 12.8. The number of terminal acetylenes is 1. The van der Waals surface area contributed by atoms with E-state index < -0.39 is 9.73 Å². The number of anilines is 4. The molecule has 0 bridgehead atoms. The molecule has 38 heavy (non-hydrogen) atoms. The average molecular weight is 531 g/mol. The molecule has 3 heterocycles. The summed E-state index contributed by atoms with van der Waals surface area (Å²) in [5.74, 6) is 3.60. The van der Waals surface area contributed by atoms with Gasteiger partial charge in [-0.25, -0.2) is 14.2 Å². The molecule has 4 rings (SSSR count). The summed E-state index contributed by atoms with van der Waals surface area (Å²) < 4.78 is 16.3. The molecule has 1 aliphatic rings. The van der Waals surface area contributed by atoms with Crippen molar-refractivity contribution in [2.24, 2.45) is 4.36 Å². The topological polar surface area (TPSA) is 124 Å². The number of benzene rings is 1. The minimum Gasteiger partial charge on any atom is -0.348 e. The van der Waals surface area contributed by atoms with E-state index in [0.29, 0.717) is 11.6 Å². The fraction of sp³-hybridized carbons (Fsp3) is 0.259. The maximum Gasteiger partial charge on any atom is 0.256 e. The standard InChI is InChI=1S/C27H30N8O2S/c1-6-12-28-26(36)22-16-29-27(30-20-14-18(7-2)21-11-13-35(3)17-19(21)15-20)33-25(22)32-23-9-8-10-24(31-23)34-38(4,5)37/h2,6,8-10,14-16H,1,11-13,17H2,3-5H3,(H,28,36)(H2,29,30,31,32,33). The molecule has 2 aromatic heterocycles. The van der Waals surface area contributed by atoms with Gasteiger partial charge in [0.2, 0.25) is 5.95 Å². The zero-order valence-electron chi connectivity index (χ0n) is 21.6. The van der Waals surface area contributed by atoms with E-state index in [1.165, 1.54) is 24.3 Å². The van der Waals surface area contributed by atoms with Crippen LogP contribution in [0, 0.1) is 12.3 Å². The van der Waals surface area contributed by atoms with Gasteiger partial charge in [-0.3, -0.25) is 4.79 Å². The Bertz CT molecular complexity index is 1550. The van der Waals surface area contributed by atoms with Crippen molar-refractivity contribution in [2.45, 2.75) is 13.0 Å². The number of likely N-dealkylation sites (N-methyl/N-ethyl adjacent to an activating group) is 1. The number of aromatic nitrogens is 3. The number of fused-ring (bicyclic) bond motifs is 1. The van der Waals surface area contributed by atoms with Gasteiger partial charge in [0.15, 0.2) is 5.82 Å². The number of rotatable bonds is 8. The van der Waals surface area contributed by atoms with Crippen LogP contribution in [0.5, 0.6) is 0 Å². The van der Waals surface area contributed by atoms with Crippen LogP contribution in [0.2, 0.25) is 0 Å². The van der Waals surface area contributed by atoms with Gasteiger partial charge in [-0.05, 0) is 48.9 Å². The number of amides is 1. The summed E-state index contributed by atoms with van der Waals surface area (Å²) in [6.45, 7) is 5.67. The molecule has 196 valence electrons. The van der Waals surface area contributed by atoms with Crippen molar-refractivity contribution in [2.75, 3.05) is 43.3 Å². The molecule has 1 aromatic carbocycles. The summed E-state index contributed by atoms with van der Waals surface area (Å²) in [6, 6.07) is 9.03. The zero-order chi connectivity index (χ0) is 27.3. The van der Waals surface area contributed by atoms with Gasteiger partial charge in [0.25, 0.3) is 5.91 Å². The number of nitrogens with one attached hydrogen (secondary N) is 3. The minimum atomic E-state index is -2.40. The highest BCUT2D eigenvalue weighted by Gasteiger charge is 2.19. The van der Waals surface area contributed by atoms with Crippen LogP contribution in [0.1, 0.15) is 27.0 Å². The van der Waals surface area contributed by atoms with Gasteiger partial charge in [0.1, 0.15) is 17.2 Å². The van der Waals surface area contributed by atoms with Crippen molar-refractivity contribution < 1.29 is 9.00 Å². The Morgan fingerprint density at radius 3 is 2.84 bits per heavy atom. The first kappa shape index (κ1) is 26.8. The van der Waals surface area contributed by atoms with Crippen molar-refractivity contribution in [1.29, 1.82) is 0 Å². The molecule has 0 spiro atoms. The van der Waals surface area contributed by atoms with E-state index in [-0.39, 0.29) is 29.8 Å². The predicted octanol–water partition coefficient (Wildman–Crippen LogP) is 3.60. The normalized spacial score (nSPS) is 13.1. The third kappa shape index (κ3) is 6.73.